The maximum absolute atomic E-state index is 13.4. The van der Waals surface area contributed by atoms with E-state index in [0.717, 1.165) is 0 Å². The van der Waals surface area contributed by atoms with Crippen LogP contribution in [-0.4, -0.2) is 23.3 Å². The third-order valence-electron chi connectivity index (χ3n) is 3.38. The van der Waals surface area contributed by atoms with Crippen molar-refractivity contribution in [2.45, 2.75) is 45.2 Å². The highest BCUT2D eigenvalue weighted by molar-refractivity contribution is 5.79. The highest BCUT2D eigenvalue weighted by atomic mass is 19.1. The molecule has 0 aromatic heterocycles. The Morgan fingerprint density at radius 2 is 1.88 bits per heavy atom. The Morgan fingerprint density at radius 1 is 1.24 bits per heavy atom. The minimum atomic E-state index is -0.214. The van der Waals surface area contributed by atoms with Gasteiger partial charge in [0.15, 0.2) is 0 Å². The third kappa shape index (κ3) is 2.84. The largest absolute Gasteiger partial charge is 0.292 e. The molecule has 2 rings (SSSR count). The number of hydrogen-bond donors (Lipinski definition) is 0. The van der Waals surface area contributed by atoms with Crippen LogP contribution in [0.5, 0.6) is 0 Å². The maximum atomic E-state index is 13.4. The quantitative estimate of drug-likeness (QED) is 0.716. The SMILES string of the molecule is C[C@@H]1CCC[C@H](C)N1/N=C\c1ccccc1F. The molecule has 1 aromatic carbocycles. The van der Waals surface area contributed by atoms with Gasteiger partial charge in [-0.05, 0) is 39.2 Å². The maximum Gasteiger partial charge on any atom is 0.132 e. The van der Waals surface area contributed by atoms with Crippen LogP contribution >= 0.6 is 0 Å². The second-order valence-electron chi connectivity index (χ2n) is 4.78. The zero-order valence-electron chi connectivity index (χ0n) is 10.4. The summed E-state index contributed by atoms with van der Waals surface area (Å²) in [6, 6.07) is 7.62. The fourth-order valence-corrected chi connectivity index (χ4v) is 2.34. The Balaban J connectivity index is 2.11. The first-order valence-electron chi connectivity index (χ1n) is 6.25. The van der Waals surface area contributed by atoms with Crippen molar-refractivity contribution < 1.29 is 4.39 Å². The van der Waals surface area contributed by atoms with Gasteiger partial charge in [-0.15, -0.1) is 0 Å². The second kappa shape index (κ2) is 5.30. The van der Waals surface area contributed by atoms with Crippen molar-refractivity contribution in [2.75, 3.05) is 0 Å². The summed E-state index contributed by atoms with van der Waals surface area (Å²) in [4.78, 5) is 0. The Kier molecular flexibility index (Phi) is 3.77. The lowest BCUT2D eigenvalue weighted by Gasteiger charge is -2.36. The van der Waals surface area contributed by atoms with E-state index in [-0.39, 0.29) is 5.82 Å². The molecule has 2 atom stereocenters. The van der Waals surface area contributed by atoms with Crippen LogP contribution in [0, 0.1) is 5.82 Å². The van der Waals surface area contributed by atoms with Crippen LogP contribution in [0.15, 0.2) is 29.4 Å². The van der Waals surface area contributed by atoms with Crippen LogP contribution in [0.4, 0.5) is 4.39 Å². The monoisotopic (exact) mass is 234 g/mol. The van der Waals surface area contributed by atoms with Gasteiger partial charge in [0.1, 0.15) is 5.82 Å². The Hall–Kier alpha value is -1.38. The summed E-state index contributed by atoms with van der Waals surface area (Å²) in [7, 11) is 0. The molecule has 1 heterocycles. The van der Waals surface area contributed by atoms with Crippen molar-refractivity contribution in [1.29, 1.82) is 0 Å². The van der Waals surface area contributed by atoms with Gasteiger partial charge in [0.05, 0.1) is 6.21 Å². The molecule has 1 aliphatic rings. The highest BCUT2D eigenvalue weighted by Gasteiger charge is 2.22. The fourth-order valence-electron chi connectivity index (χ4n) is 2.34. The standard InChI is InChI=1S/C14H19FN2/c1-11-6-5-7-12(2)17(11)16-10-13-8-3-4-9-14(13)15/h3-4,8-12H,5-7H2,1-2H3/b16-10-/t11-,12+. The van der Waals surface area contributed by atoms with E-state index < -0.39 is 0 Å². The summed E-state index contributed by atoms with van der Waals surface area (Å²) in [5.74, 6) is -0.214. The van der Waals surface area contributed by atoms with Gasteiger partial charge in [0.25, 0.3) is 0 Å². The Morgan fingerprint density at radius 3 is 2.53 bits per heavy atom. The first kappa shape index (κ1) is 12.1. The molecule has 0 saturated carbocycles. The van der Waals surface area contributed by atoms with Gasteiger partial charge in [-0.25, -0.2) is 4.39 Å². The van der Waals surface area contributed by atoms with Crippen LogP contribution in [0.1, 0.15) is 38.7 Å². The molecule has 0 amide bonds. The molecule has 1 fully saturated rings. The van der Waals surface area contributed by atoms with Crippen LogP contribution in [0.3, 0.4) is 0 Å². The molecule has 0 bridgehead atoms. The third-order valence-corrected chi connectivity index (χ3v) is 3.38. The highest BCUT2D eigenvalue weighted by Crippen LogP contribution is 2.22. The number of piperidine rings is 1. The summed E-state index contributed by atoms with van der Waals surface area (Å²) >= 11 is 0. The van der Waals surface area contributed by atoms with E-state index in [1.807, 2.05) is 6.07 Å². The second-order valence-corrected chi connectivity index (χ2v) is 4.78. The average molecular weight is 234 g/mol. The predicted octanol–water partition coefficient (Wildman–Crippen LogP) is 3.42. The van der Waals surface area contributed by atoms with Gasteiger partial charge in [0, 0.05) is 17.6 Å². The molecule has 1 aromatic rings. The topological polar surface area (TPSA) is 15.6 Å². The van der Waals surface area contributed by atoms with Crippen LogP contribution in [0.2, 0.25) is 0 Å². The molecule has 3 heteroatoms. The van der Waals surface area contributed by atoms with Crippen molar-refractivity contribution >= 4 is 6.21 Å². The van der Waals surface area contributed by atoms with E-state index >= 15 is 0 Å². The number of hydrazone groups is 1. The molecule has 92 valence electrons. The first-order valence-corrected chi connectivity index (χ1v) is 6.25. The Labute approximate surface area is 102 Å². The van der Waals surface area contributed by atoms with E-state index in [1.54, 1.807) is 18.3 Å². The van der Waals surface area contributed by atoms with E-state index in [0.29, 0.717) is 17.6 Å². The molecule has 0 unspecified atom stereocenters. The average Bonchev–Trinajstić information content (AvgIpc) is 2.30. The van der Waals surface area contributed by atoms with Gasteiger partial charge >= 0.3 is 0 Å². The van der Waals surface area contributed by atoms with E-state index in [1.165, 1.54) is 25.3 Å². The summed E-state index contributed by atoms with van der Waals surface area (Å²) in [5, 5.41) is 6.54. The normalized spacial score (nSPS) is 25.5. The van der Waals surface area contributed by atoms with Crippen molar-refractivity contribution in [3.63, 3.8) is 0 Å². The lowest BCUT2D eigenvalue weighted by molar-refractivity contribution is 0.109. The minimum Gasteiger partial charge on any atom is -0.292 e. The summed E-state index contributed by atoms with van der Waals surface area (Å²) < 4.78 is 13.4. The van der Waals surface area contributed by atoms with Gasteiger partial charge < -0.3 is 0 Å². The zero-order valence-corrected chi connectivity index (χ0v) is 10.4. The van der Waals surface area contributed by atoms with Crippen molar-refractivity contribution in [3.8, 4) is 0 Å². The number of rotatable bonds is 2. The Bertz CT molecular complexity index is 393. The minimum absolute atomic E-state index is 0.214. The van der Waals surface area contributed by atoms with Crippen LogP contribution in [-0.2, 0) is 0 Å². The van der Waals surface area contributed by atoms with Gasteiger partial charge in [0.2, 0.25) is 0 Å². The van der Waals surface area contributed by atoms with E-state index in [2.05, 4.69) is 24.0 Å². The van der Waals surface area contributed by atoms with Gasteiger partial charge in [-0.3, -0.25) is 5.01 Å². The van der Waals surface area contributed by atoms with Gasteiger partial charge in [-0.1, -0.05) is 18.2 Å². The summed E-state index contributed by atoms with van der Waals surface area (Å²) in [6.45, 7) is 4.35. The van der Waals surface area contributed by atoms with E-state index in [9.17, 15) is 4.39 Å². The van der Waals surface area contributed by atoms with E-state index in [4.69, 9.17) is 0 Å². The van der Waals surface area contributed by atoms with Crippen molar-refractivity contribution in [2.24, 2.45) is 5.10 Å². The number of hydrogen-bond acceptors (Lipinski definition) is 2. The molecular formula is C14H19FN2. The fraction of sp³-hybridized carbons (Fsp3) is 0.500. The molecule has 0 N–H and O–H groups in total. The first-order chi connectivity index (χ1) is 8.18. The number of nitrogens with zero attached hydrogens (tertiary/aromatic N) is 2. The predicted molar refractivity (Wildman–Crippen MR) is 68.6 cm³/mol. The molecule has 17 heavy (non-hydrogen) atoms. The number of benzene rings is 1. The lowest BCUT2D eigenvalue weighted by Crippen LogP contribution is -2.39. The smallest absolute Gasteiger partial charge is 0.132 e. The molecule has 0 spiro atoms. The van der Waals surface area contributed by atoms with Gasteiger partial charge in [-0.2, -0.15) is 5.10 Å². The van der Waals surface area contributed by atoms with Crippen molar-refractivity contribution in [3.05, 3.63) is 35.6 Å². The van der Waals surface area contributed by atoms with Crippen molar-refractivity contribution in [1.82, 2.24) is 5.01 Å². The zero-order chi connectivity index (χ0) is 12.3. The van der Waals surface area contributed by atoms with Crippen LogP contribution in [0.25, 0.3) is 0 Å². The molecule has 2 nitrogen and oxygen atoms in total. The molecule has 0 aliphatic carbocycles. The summed E-state index contributed by atoms with van der Waals surface area (Å²) in [6.07, 6.45) is 5.22. The molecule has 1 aliphatic heterocycles. The molecule has 0 radical (unpaired) electrons. The molecular weight excluding hydrogens is 215 g/mol. The molecule has 1 saturated heterocycles. The number of halogens is 1. The lowest BCUT2D eigenvalue weighted by atomic mass is 10.00. The van der Waals surface area contributed by atoms with Crippen LogP contribution < -0.4 is 0 Å². The summed E-state index contributed by atoms with van der Waals surface area (Å²) in [5.41, 5.74) is 0.553.